The summed E-state index contributed by atoms with van der Waals surface area (Å²) in [6.45, 7) is 3.96. The number of hydrogen-bond acceptors (Lipinski definition) is 6. The van der Waals surface area contributed by atoms with E-state index in [1.807, 2.05) is 13.8 Å². The van der Waals surface area contributed by atoms with Crippen LogP contribution in [-0.2, 0) is 14.8 Å². The maximum absolute atomic E-state index is 13.1. The van der Waals surface area contributed by atoms with Crippen molar-refractivity contribution in [1.29, 1.82) is 0 Å². The number of anilines is 1. The number of nitrogens with zero attached hydrogens (tertiary/aromatic N) is 1. The van der Waals surface area contributed by atoms with Crippen LogP contribution in [0.5, 0.6) is 0 Å². The van der Waals surface area contributed by atoms with Gasteiger partial charge in [0, 0.05) is 18.5 Å². The molecule has 0 bridgehead atoms. The van der Waals surface area contributed by atoms with E-state index in [4.69, 9.17) is 11.6 Å². The Morgan fingerprint density at radius 3 is 2.55 bits per heavy atom. The molecule has 2 aromatic rings. The highest BCUT2D eigenvalue weighted by atomic mass is 35.5. The fourth-order valence-electron chi connectivity index (χ4n) is 3.32. The van der Waals surface area contributed by atoms with Gasteiger partial charge in [0.25, 0.3) is 15.9 Å². The number of rotatable bonds is 5. The van der Waals surface area contributed by atoms with Crippen LogP contribution in [0, 0.1) is 13.8 Å². The minimum Gasteiger partial charge on any atom is -0.355 e. The first-order chi connectivity index (χ1) is 13.7. The molecule has 1 atom stereocenters. The van der Waals surface area contributed by atoms with E-state index in [-0.39, 0.29) is 16.7 Å². The van der Waals surface area contributed by atoms with Gasteiger partial charge in [-0.15, -0.1) is 22.7 Å². The smallest absolute Gasteiger partial charge is 0.254 e. The third-order valence-electron chi connectivity index (χ3n) is 4.94. The number of nitrogens with one attached hydrogen (secondary N) is 2. The molecule has 7 nitrogen and oxygen atoms in total. The summed E-state index contributed by atoms with van der Waals surface area (Å²) in [4.78, 5) is 26.3. The number of aryl methyl sites for hydroxylation is 1. The predicted molar refractivity (Wildman–Crippen MR) is 117 cm³/mol. The van der Waals surface area contributed by atoms with Gasteiger partial charge in [-0.2, -0.15) is 4.31 Å². The number of carbonyl (C=O) groups excluding carboxylic acids is 2. The van der Waals surface area contributed by atoms with Crippen molar-refractivity contribution in [3.05, 3.63) is 32.5 Å². The Kier molecular flexibility index (Phi) is 6.69. The van der Waals surface area contributed by atoms with E-state index >= 15 is 0 Å². The van der Waals surface area contributed by atoms with Crippen LogP contribution in [0.15, 0.2) is 16.3 Å². The molecule has 0 saturated carbocycles. The second kappa shape index (κ2) is 8.73. The molecule has 2 aromatic heterocycles. The van der Waals surface area contributed by atoms with Crippen molar-refractivity contribution in [1.82, 2.24) is 9.62 Å². The van der Waals surface area contributed by atoms with Gasteiger partial charge >= 0.3 is 0 Å². The lowest BCUT2D eigenvalue weighted by Crippen LogP contribution is -2.49. The molecule has 29 heavy (non-hydrogen) atoms. The van der Waals surface area contributed by atoms with Crippen LogP contribution in [-0.4, -0.2) is 44.2 Å². The van der Waals surface area contributed by atoms with Gasteiger partial charge in [0.2, 0.25) is 5.91 Å². The van der Waals surface area contributed by atoms with Crippen LogP contribution in [0.1, 0.15) is 40.1 Å². The Labute approximate surface area is 183 Å². The summed E-state index contributed by atoms with van der Waals surface area (Å²) in [5.41, 5.74) is 1.21. The van der Waals surface area contributed by atoms with E-state index in [1.54, 1.807) is 0 Å². The molecule has 1 saturated heterocycles. The summed E-state index contributed by atoms with van der Waals surface area (Å²) in [5.74, 6) is -0.717. The van der Waals surface area contributed by atoms with Crippen molar-refractivity contribution in [2.24, 2.45) is 0 Å². The zero-order valence-electron chi connectivity index (χ0n) is 16.2. The summed E-state index contributed by atoms with van der Waals surface area (Å²) >= 11 is 8.19. The lowest BCUT2D eigenvalue weighted by atomic mass is 10.0. The molecule has 2 amide bonds. The maximum atomic E-state index is 13.1. The molecule has 0 aliphatic carbocycles. The summed E-state index contributed by atoms with van der Waals surface area (Å²) in [6.07, 6.45) is 1.85. The van der Waals surface area contributed by atoms with Gasteiger partial charge in [-0.05, 0) is 44.4 Å². The van der Waals surface area contributed by atoms with Gasteiger partial charge < -0.3 is 10.6 Å². The molecule has 1 fully saturated rings. The summed E-state index contributed by atoms with van der Waals surface area (Å²) < 4.78 is 27.9. The fourth-order valence-corrected chi connectivity index (χ4v) is 7.64. The number of amides is 2. The third-order valence-corrected chi connectivity index (χ3v) is 9.67. The Bertz CT molecular complexity index is 1040. The highest BCUT2D eigenvalue weighted by Gasteiger charge is 2.39. The zero-order valence-corrected chi connectivity index (χ0v) is 19.4. The fraction of sp³-hybridized carbons (Fsp3) is 0.444. The average Bonchev–Trinajstić information content (AvgIpc) is 3.25. The summed E-state index contributed by atoms with van der Waals surface area (Å²) in [7, 11) is -2.30. The number of piperidine rings is 1. The quantitative estimate of drug-likeness (QED) is 0.690. The van der Waals surface area contributed by atoms with E-state index in [1.165, 1.54) is 34.8 Å². The Hall–Kier alpha value is -1.46. The number of sulfonamides is 1. The molecule has 1 aliphatic rings. The molecule has 1 unspecified atom stereocenters. The van der Waals surface area contributed by atoms with Gasteiger partial charge in [0.1, 0.15) is 15.3 Å². The van der Waals surface area contributed by atoms with Crippen LogP contribution < -0.4 is 10.6 Å². The molecular weight excluding hydrogens is 454 g/mol. The zero-order chi connectivity index (χ0) is 21.3. The van der Waals surface area contributed by atoms with Crippen LogP contribution in [0.25, 0.3) is 0 Å². The summed E-state index contributed by atoms with van der Waals surface area (Å²) in [6, 6.07) is 2.15. The van der Waals surface area contributed by atoms with E-state index in [0.717, 1.165) is 28.2 Å². The highest BCUT2D eigenvalue weighted by molar-refractivity contribution is 7.91. The molecule has 158 valence electrons. The number of thiophene rings is 2. The van der Waals surface area contributed by atoms with E-state index < -0.39 is 22.0 Å². The number of carbonyl (C=O) groups is 2. The predicted octanol–water partition coefficient (Wildman–Crippen LogP) is 3.62. The summed E-state index contributed by atoms with van der Waals surface area (Å²) in [5, 5.41) is 5.83. The first kappa shape index (κ1) is 22.2. The molecule has 11 heteroatoms. The highest BCUT2D eigenvalue weighted by Crippen LogP contribution is 2.35. The van der Waals surface area contributed by atoms with E-state index in [9.17, 15) is 18.0 Å². The average molecular weight is 476 g/mol. The number of hydrogen-bond donors (Lipinski definition) is 2. The Morgan fingerprint density at radius 2 is 1.93 bits per heavy atom. The molecule has 0 aromatic carbocycles. The largest absolute Gasteiger partial charge is 0.355 e. The molecule has 2 N–H and O–H groups in total. The van der Waals surface area contributed by atoms with Crippen molar-refractivity contribution in [3.8, 4) is 0 Å². The minimum atomic E-state index is -3.83. The van der Waals surface area contributed by atoms with Crippen molar-refractivity contribution in [3.63, 3.8) is 0 Å². The molecule has 0 radical (unpaired) electrons. The van der Waals surface area contributed by atoms with Gasteiger partial charge in [0.05, 0.1) is 9.90 Å². The van der Waals surface area contributed by atoms with Crippen molar-refractivity contribution in [2.75, 3.05) is 18.9 Å². The van der Waals surface area contributed by atoms with E-state index in [2.05, 4.69) is 10.6 Å². The third kappa shape index (κ3) is 4.36. The standard InChI is InChI=1S/C18H22ClN3O4S3/c1-10-11(2)27-18(15(10)17(24)20-3)21-16(23)12-6-4-5-9-22(12)29(25,26)14-8-7-13(19)28-14/h7-8,12H,4-6,9H2,1-3H3,(H,20,24)(H,21,23). The first-order valence-corrected chi connectivity index (χ1v) is 12.5. The van der Waals surface area contributed by atoms with Crippen molar-refractivity contribution in [2.45, 2.75) is 43.4 Å². The second-order valence-corrected chi connectivity index (χ2v) is 11.8. The van der Waals surface area contributed by atoms with E-state index in [0.29, 0.717) is 27.7 Å². The normalized spacial score (nSPS) is 17.9. The van der Waals surface area contributed by atoms with Crippen LogP contribution in [0.2, 0.25) is 4.34 Å². The lowest BCUT2D eigenvalue weighted by molar-refractivity contribution is -0.120. The molecular formula is C18H22ClN3O4S3. The molecule has 1 aliphatic heterocycles. The molecule has 0 spiro atoms. The molecule has 3 rings (SSSR count). The van der Waals surface area contributed by atoms with Gasteiger partial charge in [-0.3, -0.25) is 9.59 Å². The second-order valence-electron chi connectivity index (χ2n) is 6.74. The van der Waals surface area contributed by atoms with Gasteiger partial charge in [-0.1, -0.05) is 18.0 Å². The van der Waals surface area contributed by atoms with Gasteiger partial charge in [-0.25, -0.2) is 8.42 Å². The monoisotopic (exact) mass is 475 g/mol. The number of halogens is 1. The Balaban J connectivity index is 1.90. The first-order valence-electron chi connectivity index (χ1n) is 9.07. The maximum Gasteiger partial charge on any atom is 0.254 e. The van der Waals surface area contributed by atoms with Crippen LogP contribution in [0.4, 0.5) is 5.00 Å². The van der Waals surface area contributed by atoms with Crippen molar-refractivity contribution < 1.29 is 18.0 Å². The Morgan fingerprint density at radius 1 is 1.21 bits per heavy atom. The van der Waals surface area contributed by atoms with Crippen LogP contribution in [0.3, 0.4) is 0 Å². The SMILES string of the molecule is CNC(=O)c1c(NC(=O)C2CCCCN2S(=O)(=O)c2ccc(Cl)s2)sc(C)c1C. The lowest BCUT2D eigenvalue weighted by Gasteiger charge is -2.33. The van der Waals surface area contributed by atoms with Gasteiger partial charge in [0.15, 0.2) is 0 Å². The van der Waals surface area contributed by atoms with Crippen LogP contribution >= 0.6 is 34.3 Å². The molecule has 3 heterocycles. The van der Waals surface area contributed by atoms with Crippen molar-refractivity contribution >= 4 is 61.1 Å². The minimum absolute atomic E-state index is 0.121. The topological polar surface area (TPSA) is 95.6 Å².